The first-order valence-corrected chi connectivity index (χ1v) is 13.8. The number of alkyl halides is 3. The van der Waals surface area contributed by atoms with E-state index < -0.39 is 41.2 Å². The molecule has 0 radical (unpaired) electrons. The van der Waals surface area contributed by atoms with Gasteiger partial charge in [-0.05, 0) is 73.8 Å². The van der Waals surface area contributed by atoms with Crippen LogP contribution in [-0.4, -0.2) is 45.7 Å². The lowest BCUT2D eigenvalue weighted by Gasteiger charge is -2.46. The fourth-order valence-corrected chi connectivity index (χ4v) is 5.93. The number of rotatable bonds is 7. The van der Waals surface area contributed by atoms with Crippen molar-refractivity contribution in [3.8, 4) is 0 Å². The minimum absolute atomic E-state index is 0.00232. The minimum Gasteiger partial charge on any atom is -0.481 e. The van der Waals surface area contributed by atoms with Crippen molar-refractivity contribution in [2.75, 3.05) is 6.54 Å². The molecule has 1 heterocycles. The molecule has 41 heavy (non-hydrogen) atoms. The molecule has 2 N–H and O–H groups in total. The molecule has 1 aliphatic carbocycles. The highest BCUT2D eigenvalue weighted by Gasteiger charge is 2.52. The molecule has 1 atom stereocenters. The van der Waals surface area contributed by atoms with Crippen molar-refractivity contribution in [2.24, 2.45) is 16.3 Å². The smallest absolute Gasteiger partial charge is 0.416 e. The third-order valence-corrected chi connectivity index (χ3v) is 8.33. The van der Waals surface area contributed by atoms with E-state index in [4.69, 9.17) is 10.1 Å². The number of carboxylic acids is 1. The summed E-state index contributed by atoms with van der Waals surface area (Å²) in [6, 6.07) is 11.0. The third kappa shape index (κ3) is 6.47. The lowest BCUT2D eigenvalue weighted by molar-refractivity contribution is -0.138. The fourth-order valence-electron chi connectivity index (χ4n) is 5.93. The van der Waals surface area contributed by atoms with Gasteiger partial charge in [0.1, 0.15) is 11.4 Å². The molecule has 0 aromatic heterocycles. The van der Waals surface area contributed by atoms with E-state index in [1.807, 2.05) is 6.92 Å². The molecule has 2 aromatic carbocycles. The van der Waals surface area contributed by atoms with Gasteiger partial charge in [-0.3, -0.25) is 19.4 Å². The van der Waals surface area contributed by atoms with Gasteiger partial charge in [-0.2, -0.15) is 13.2 Å². The van der Waals surface area contributed by atoms with Crippen LogP contribution in [-0.2, 0) is 15.8 Å². The topological polar surface area (TPSA) is 99.1 Å². The number of nitrogens with one attached hydrogen (secondary N) is 1. The second-order valence-corrected chi connectivity index (χ2v) is 12.0. The van der Waals surface area contributed by atoms with Gasteiger partial charge in [-0.15, -0.1) is 0 Å². The molecule has 10 heteroatoms. The number of carbonyl (C=O) groups is 3. The Morgan fingerprint density at radius 3 is 2.29 bits per heavy atom. The Morgan fingerprint density at radius 2 is 1.73 bits per heavy atom. The summed E-state index contributed by atoms with van der Waals surface area (Å²) < 4.78 is 40.5. The first kappa shape index (κ1) is 30.3. The number of amides is 2. The maximum Gasteiger partial charge on any atom is 0.416 e. The maximum absolute atomic E-state index is 14.0. The van der Waals surface area contributed by atoms with E-state index in [0.29, 0.717) is 24.3 Å². The summed E-state index contributed by atoms with van der Waals surface area (Å²) in [5.74, 6) is -1.41. The number of aliphatic carboxylic acids is 1. The van der Waals surface area contributed by atoms with Crippen LogP contribution in [0.4, 0.5) is 13.2 Å². The van der Waals surface area contributed by atoms with Crippen molar-refractivity contribution in [1.29, 1.82) is 0 Å². The summed E-state index contributed by atoms with van der Waals surface area (Å²) in [6.45, 7) is 8.43. The molecular weight excluding hydrogens is 535 g/mol. The molecule has 0 bridgehead atoms. The Kier molecular flexibility index (Phi) is 8.34. The van der Waals surface area contributed by atoms with Crippen LogP contribution in [0.1, 0.15) is 92.9 Å². The number of benzene rings is 2. The molecule has 220 valence electrons. The van der Waals surface area contributed by atoms with Crippen molar-refractivity contribution < 1.29 is 32.7 Å². The summed E-state index contributed by atoms with van der Waals surface area (Å²) in [7, 11) is 0. The predicted octanol–water partition coefficient (Wildman–Crippen LogP) is 6.24. The zero-order valence-electron chi connectivity index (χ0n) is 23.7. The van der Waals surface area contributed by atoms with Crippen LogP contribution in [0.5, 0.6) is 0 Å². The standard InChI is InChI=1S/C31H36F3N3O4/c1-19(20-8-10-21(11-9-20)27(40)35-17-14-25(38)39)37-28(41)26(22-6-5-7-24(18-22)31(32,33)34)36-30(37)15-12-23(13-16-30)29(2,3)4/h5-11,18-19,23H,12-17H2,1-4H3,(H,35,40)(H,38,39)/t19-,23?,30?/m1/s1. The fraction of sp³-hybridized carbons (Fsp3) is 0.484. The zero-order valence-corrected chi connectivity index (χ0v) is 23.7. The average molecular weight is 572 g/mol. The zero-order chi connectivity index (χ0) is 30.2. The SMILES string of the molecule is C[C@H](c1ccc(C(=O)NCCC(=O)O)cc1)N1C(=O)C(c2cccc(C(F)(F)F)c2)=NC12CCC(C(C)(C)C)CC2. The summed E-state index contributed by atoms with van der Waals surface area (Å²) in [5, 5.41) is 11.3. The van der Waals surface area contributed by atoms with Crippen molar-refractivity contribution >= 4 is 23.5 Å². The van der Waals surface area contributed by atoms with E-state index in [1.54, 1.807) is 29.2 Å². The van der Waals surface area contributed by atoms with Gasteiger partial charge in [-0.1, -0.05) is 45.0 Å². The van der Waals surface area contributed by atoms with Crippen LogP contribution in [0, 0.1) is 11.3 Å². The van der Waals surface area contributed by atoms with Gasteiger partial charge in [-0.25, -0.2) is 0 Å². The lowest BCUT2D eigenvalue weighted by Crippen LogP contribution is -2.50. The Bertz CT molecular complexity index is 1340. The Hall–Kier alpha value is -3.69. The van der Waals surface area contributed by atoms with Crippen LogP contribution in [0.25, 0.3) is 0 Å². The number of nitrogens with zero attached hydrogens (tertiary/aromatic N) is 2. The highest BCUT2D eigenvalue weighted by molar-refractivity contribution is 6.46. The van der Waals surface area contributed by atoms with Crippen LogP contribution in [0.3, 0.4) is 0 Å². The molecule has 1 saturated carbocycles. The molecule has 1 spiro atoms. The van der Waals surface area contributed by atoms with Crippen molar-refractivity contribution in [3.05, 3.63) is 70.8 Å². The molecule has 2 aliphatic rings. The van der Waals surface area contributed by atoms with Gasteiger partial charge in [0.2, 0.25) is 0 Å². The number of carboxylic acid groups (broad SMARTS) is 1. The van der Waals surface area contributed by atoms with E-state index in [-0.39, 0.29) is 29.7 Å². The highest BCUT2D eigenvalue weighted by Crippen LogP contribution is 2.49. The van der Waals surface area contributed by atoms with E-state index in [9.17, 15) is 27.6 Å². The molecule has 2 aromatic rings. The van der Waals surface area contributed by atoms with E-state index in [0.717, 1.165) is 30.5 Å². The van der Waals surface area contributed by atoms with Gasteiger partial charge in [0.15, 0.2) is 0 Å². The molecular formula is C31H36F3N3O4. The molecule has 1 fully saturated rings. The number of hydrogen-bond donors (Lipinski definition) is 2. The minimum atomic E-state index is -4.55. The van der Waals surface area contributed by atoms with Gasteiger partial charge >= 0.3 is 12.1 Å². The Morgan fingerprint density at radius 1 is 1.10 bits per heavy atom. The predicted molar refractivity (Wildman–Crippen MR) is 148 cm³/mol. The highest BCUT2D eigenvalue weighted by atomic mass is 19.4. The number of hydrogen-bond acceptors (Lipinski definition) is 4. The number of aliphatic imine (C=N–C) groups is 1. The quantitative estimate of drug-likeness (QED) is 0.411. The largest absolute Gasteiger partial charge is 0.481 e. The molecule has 4 rings (SSSR count). The van der Waals surface area contributed by atoms with Gasteiger partial charge in [0.05, 0.1) is 18.0 Å². The van der Waals surface area contributed by atoms with Gasteiger partial charge in [0.25, 0.3) is 11.8 Å². The van der Waals surface area contributed by atoms with Crippen molar-refractivity contribution in [1.82, 2.24) is 10.2 Å². The Labute approximate surface area is 237 Å². The Balaban J connectivity index is 1.65. The third-order valence-electron chi connectivity index (χ3n) is 8.33. The van der Waals surface area contributed by atoms with E-state index in [2.05, 4.69) is 26.1 Å². The van der Waals surface area contributed by atoms with E-state index in [1.165, 1.54) is 12.1 Å². The van der Waals surface area contributed by atoms with Crippen LogP contribution < -0.4 is 5.32 Å². The second-order valence-electron chi connectivity index (χ2n) is 12.0. The maximum atomic E-state index is 14.0. The van der Waals surface area contributed by atoms with Gasteiger partial charge in [0, 0.05) is 17.7 Å². The summed E-state index contributed by atoms with van der Waals surface area (Å²) >= 11 is 0. The molecule has 0 unspecified atom stereocenters. The van der Waals surface area contributed by atoms with Crippen molar-refractivity contribution in [3.63, 3.8) is 0 Å². The number of carbonyl (C=O) groups excluding carboxylic acids is 2. The monoisotopic (exact) mass is 571 g/mol. The van der Waals surface area contributed by atoms with Crippen LogP contribution in [0.2, 0.25) is 0 Å². The average Bonchev–Trinajstić information content (AvgIpc) is 3.18. The first-order valence-electron chi connectivity index (χ1n) is 13.8. The summed E-state index contributed by atoms with van der Waals surface area (Å²) in [4.78, 5) is 43.7. The second kappa shape index (κ2) is 11.3. The van der Waals surface area contributed by atoms with Gasteiger partial charge < -0.3 is 15.3 Å². The van der Waals surface area contributed by atoms with Crippen molar-refractivity contribution in [2.45, 2.75) is 77.7 Å². The van der Waals surface area contributed by atoms with Crippen LogP contribution in [0.15, 0.2) is 53.5 Å². The summed E-state index contributed by atoms with van der Waals surface area (Å²) in [6.07, 6.45) is -1.89. The molecule has 2 amide bonds. The number of halogens is 3. The van der Waals surface area contributed by atoms with Crippen LogP contribution >= 0.6 is 0 Å². The first-order chi connectivity index (χ1) is 19.1. The molecule has 1 aliphatic heterocycles. The lowest BCUT2D eigenvalue weighted by atomic mass is 9.69. The summed E-state index contributed by atoms with van der Waals surface area (Å²) in [5.41, 5.74) is -0.362. The van der Waals surface area contributed by atoms with E-state index >= 15 is 0 Å². The molecule has 7 nitrogen and oxygen atoms in total. The normalized spacial score (nSPS) is 22.0. The molecule has 0 saturated heterocycles.